The Morgan fingerprint density at radius 3 is 2.78 bits per heavy atom. The highest BCUT2D eigenvalue weighted by atomic mass is 16.5. The van der Waals surface area contributed by atoms with Crippen molar-refractivity contribution in [2.75, 3.05) is 6.54 Å². The molecule has 0 aromatic heterocycles. The van der Waals surface area contributed by atoms with Crippen LogP contribution in [0.5, 0.6) is 0 Å². The smallest absolute Gasteiger partial charge is 0.407 e. The third-order valence-corrected chi connectivity index (χ3v) is 4.35. The summed E-state index contributed by atoms with van der Waals surface area (Å²) in [5, 5.41) is 2.76. The minimum absolute atomic E-state index is 0.0139. The Morgan fingerprint density at radius 1 is 1.26 bits per heavy atom. The van der Waals surface area contributed by atoms with Gasteiger partial charge >= 0.3 is 6.09 Å². The van der Waals surface area contributed by atoms with E-state index < -0.39 is 0 Å². The fourth-order valence-corrected chi connectivity index (χ4v) is 2.95. The van der Waals surface area contributed by atoms with Gasteiger partial charge in [-0.3, -0.25) is 4.79 Å². The van der Waals surface area contributed by atoms with Crippen molar-refractivity contribution in [2.24, 2.45) is 11.7 Å². The summed E-state index contributed by atoms with van der Waals surface area (Å²) in [5.41, 5.74) is 6.99. The van der Waals surface area contributed by atoms with Crippen molar-refractivity contribution in [2.45, 2.75) is 51.2 Å². The normalized spacial score (nSPS) is 21.0. The minimum atomic E-state index is -0.381. The van der Waals surface area contributed by atoms with Crippen molar-refractivity contribution in [1.82, 2.24) is 5.32 Å². The van der Waals surface area contributed by atoms with Crippen LogP contribution in [-0.4, -0.2) is 24.5 Å². The van der Waals surface area contributed by atoms with E-state index in [4.69, 9.17) is 10.5 Å². The number of benzene rings is 1. The summed E-state index contributed by atoms with van der Waals surface area (Å²) in [5.74, 6) is 0.731. The van der Waals surface area contributed by atoms with Crippen LogP contribution < -0.4 is 11.1 Å². The second kappa shape index (κ2) is 9.30. The van der Waals surface area contributed by atoms with Crippen LogP contribution in [0, 0.1) is 5.92 Å². The minimum Gasteiger partial charge on any atom is -0.445 e. The second-order valence-corrected chi connectivity index (χ2v) is 6.19. The number of nitrogens with two attached hydrogens (primary N) is 1. The highest BCUT2D eigenvalue weighted by Gasteiger charge is 2.25. The summed E-state index contributed by atoms with van der Waals surface area (Å²) in [6, 6.07) is 9.62. The predicted molar refractivity (Wildman–Crippen MR) is 88.8 cm³/mol. The van der Waals surface area contributed by atoms with Crippen LogP contribution in [0.3, 0.4) is 0 Å². The molecule has 1 aliphatic rings. The fraction of sp³-hybridized carbons (Fsp3) is 0.556. The van der Waals surface area contributed by atoms with Gasteiger partial charge in [0.15, 0.2) is 0 Å². The lowest BCUT2D eigenvalue weighted by atomic mass is 9.81. The van der Waals surface area contributed by atoms with Gasteiger partial charge in [0, 0.05) is 25.4 Å². The van der Waals surface area contributed by atoms with Crippen LogP contribution in [0.4, 0.5) is 4.79 Å². The van der Waals surface area contributed by atoms with E-state index in [2.05, 4.69) is 5.32 Å². The lowest BCUT2D eigenvalue weighted by Crippen LogP contribution is -2.36. The molecule has 1 aliphatic carbocycles. The van der Waals surface area contributed by atoms with E-state index in [9.17, 15) is 9.59 Å². The van der Waals surface area contributed by atoms with Crippen LogP contribution in [-0.2, 0) is 16.1 Å². The molecule has 1 aromatic rings. The number of ether oxygens (including phenoxy) is 1. The summed E-state index contributed by atoms with van der Waals surface area (Å²) in [6.07, 6.45) is 4.65. The quantitative estimate of drug-likeness (QED) is 0.757. The van der Waals surface area contributed by atoms with E-state index in [1.165, 1.54) is 0 Å². The standard InChI is InChI=1S/C18H26N2O3/c19-17-12-16(21)10-9-15(17)8-4-5-11-20-18(22)23-13-14-6-2-1-3-7-14/h1-3,6-7,15,17H,4-5,8-13,19H2,(H,20,22)/t15-,17-/m0/s1. The van der Waals surface area contributed by atoms with E-state index in [0.29, 0.717) is 25.3 Å². The molecule has 2 rings (SSSR count). The number of nitrogens with one attached hydrogen (secondary N) is 1. The van der Waals surface area contributed by atoms with Crippen molar-refractivity contribution >= 4 is 11.9 Å². The molecule has 0 unspecified atom stereocenters. The molecule has 23 heavy (non-hydrogen) atoms. The van der Waals surface area contributed by atoms with Crippen LogP contribution in [0.15, 0.2) is 30.3 Å². The maximum Gasteiger partial charge on any atom is 0.407 e. The Labute approximate surface area is 137 Å². The van der Waals surface area contributed by atoms with E-state index in [1.807, 2.05) is 30.3 Å². The zero-order chi connectivity index (χ0) is 16.5. The molecule has 0 heterocycles. The Balaban J connectivity index is 1.51. The molecule has 1 saturated carbocycles. The van der Waals surface area contributed by atoms with Gasteiger partial charge in [-0.05, 0) is 30.7 Å². The number of hydrogen-bond acceptors (Lipinski definition) is 4. The second-order valence-electron chi connectivity index (χ2n) is 6.19. The van der Waals surface area contributed by atoms with Crippen molar-refractivity contribution in [3.63, 3.8) is 0 Å². The third kappa shape index (κ3) is 6.40. The molecule has 0 radical (unpaired) electrons. The number of Topliss-reactive ketones (excluding diaryl/α,β-unsaturated/α-hetero) is 1. The Morgan fingerprint density at radius 2 is 2.04 bits per heavy atom. The Hall–Kier alpha value is -1.88. The topological polar surface area (TPSA) is 81.4 Å². The lowest BCUT2D eigenvalue weighted by molar-refractivity contribution is -0.121. The molecule has 0 bridgehead atoms. The SMILES string of the molecule is N[C@H]1CC(=O)CC[C@@H]1CCCCNC(=O)OCc1ccccc1. The first-order valence-electron chi connectivity index (χ1n) is 8.37. The molecule has 1 aromatic carbocycles. The maximum atomic E-state index is 11.6. The Bertz CT molecular complexity index is 504. The number of alkyl carbamates (subject to hydrolysis) is 1. The summed E-state index contributed by atoms with van der Waals surface area (Å²) < 4.78 is 5.15. The number of rotatable bonds is 7. The van der Waals surface area contributed by atoms with E-state index >= 15 is 0 Å². The van der Waals surface area contributed by atoms with Crippen molar-refractivity contribution in [3.05, 3.63) is 35.9 Å². The summed E-state index contributed by atoms with van der Waals surface area (Å²) in [4.78, 5) is 22.9. The number of hydrogen-bond donors (Lipinski definition) is 2. The number of unbranched alkanes of at least 4 members (excludes halogenated alkanes) is 1. The lowest BCUT2D eigenvalue weighted by Gasteiger charge is -2.27. The van der Waals surface area contributed by atoms with Crippen LogP contribution in [0.25, 0.3) is 0 Å². The molecule has 3 N–H and O–H groups in total. The van der Waals surface area contributed by atoms with Gasteiger partial charge in [-0.2, -0.15) is 0 Å². The van der Waals surface area contributed by atoms with Crippen molar-refractivity contribution < 1.29 is 14.3 Å². The molecule has 1 fully saturated rings. The Kier molecular flexibility index (Phi) is 7.07. The van der Waals surface area contributed by atoms with E-state index in [1.54, 1.807) is 0 Å². The number of carbonyl (C=O) groups is 2. The van der Waals surface area contributed by atoms with E-state index in [0.717, 1.165) is 31.2 Å². The summed E-state index contributed by atoms with van der Waals surface area (Å²) in [7, 11) is 0. The average Bonchev–Trinajstić information content (AvgIpc) is 2.55. The summed E-state index contributed by atoms with van der Waals surface area (Å²) >= 11 is 0. The molecule has 0 aliphatic heterocycles. The average molecular weight is 318 g/mol. The van der Waals surface area contributed by atoms with Gasteiger partial charge in [0.1, 0.15) is 12.4 Å². The third-order valence-electron chi connectivity index (χ3n) is 4.35. The van der Waals surface area contributed by atoms with Gasteiger partial charge in [0.2, 0.25) is 0 Å². The zero-order valence-electron chi connectivity index (χ0n) is 13.5. The van der Waals surface area contributed by atoms with Gasteiger partial charge in [0.05, 0.1) is 0 Å². The highest BCUT2D eigenvalue weighted by Crippen LogP contribution is 2.25. The molecule has 0 spiro atoms. The van der Waals surface area contributed by atoms with Crippen LogP contribution in [0.1, 0.15) is 44.1 Å². The van der Waals surface area contributed by atoms with Gasteiger partial charge in [-0.15, -0.1) is 0 Å². The molecule has 2 atom stereocenters. The molecule has 1 amide bonds. The number of ketones is 1. The highest BCUT2D eigenvalue weighted by molar-refractivity contribution is 5.79. The fourth-order valence-electron chi connectivity index (χ4n) is 2.95. The van der Waals surface area contributed by atoms with Gasteiger partial charge in [0.25, 0.3) is 0 Å². The van der Waals surface area contributed by atoms with Gasteiger partial charge in [-0.25, -0.2) is 4.79 Å². The zero-order valence-corrected chi connectivity index (χ0v) is 13.5. The molecule has 5 heteroatoms. The van der Waals surface area contributed by atoms with Crippen LogP contribution >= 0.6 is 0 Å². The molecular weight excluding hydrogens is 292 g/mol. The van der Waals surface area contributed by atoms with Gasteiger partial charge < -0.3 is 15.8 Å². The van der Waals surface area contributed by atoms with E-state index in [-0.39, 0.29) is 24.5 Å². The maximum absolute atomic E-state index is 11.6. The first kappa shape index (κ1) is 17.5. The number of amides is 1. The largest absolute Gasteiger partial charge is 0.445 e. The first-order chi connectivity index (χ1) is 11.1. The number of carbonyl (C=O) groups excluding carboxylic acids is 2. The first-order valence-corrected chi connectivity index (χ1v) is 8.37. The monoisotopic (exact) mass is 318 g/mol. The molecular formula is C18H26N2O3. The predicted octanol–water partition coefficient (Wildman–Crippen LogP) is 2.78. The van der Waals surface area contributed by atoms with Gasteiger partial charge in [-0.1, -0.05) is 36.8 Å². The molecule has 126 valence electrons. The molecule has 0 saturated heterocycles. The van der Waals surface area contributed by atoms with Crippen molar-refractivity contribution in [3.8, 4) is 0 Å². The van der Waals surface area contributed by atoms with Crippen LogP contribution in [0.2, 0.25) is 0 Å². The summed E-state index contributed by atoms with van der Waals surface area (Å²) in [6.45, 7) is 0.895. The van der Waals surface area contributed by atoms with Crippen molar-refractivity contribution in [1.29, 1.82) is 0 Å². The molecule has 5 nitrogen and oxygen atoms in total.